The minimum atomic E-state index is -0.358. The van der Waals surface area contributed by atoms with E-state index in [1.165, 1.54) is 31.4 Å². The van der Waals surface area contributed by atoms with Gasteiger partial charge in [0.15, 0.2) is 0 Å². The van der Waals surface area contributed by atoms with E-state index in [1.807, 2.05) is 18.2 Å². The van der Waals surface area contributed by atoms with Gasteiger partial charge in [-0.1, -0.05) is 37.5 Å². The van der Waals surface area contributed by atoms with Crippen molar-refractivity contribution >= 4 is 28.0 Å². The number of hydrogen-bond acceptors (Lipinski definition) is 4. The third kappa shape index (κ3) is 3.43. The fraction of sp³-hybridized carbons (Fsp3) is 0.286. The highest BCUT2D eigenvalue weighted by Gasteiger charge is 2.19. The van der Waals surface area contributed by atoms with Crippen molar-refractivity contribution in [3.05, 3.63) is 64.8 Å². The summed E-state index contributed by atoms with van der Waals surface area (Å²) in [6.07, 6.45) is 5.73. The van der Waals surface area contributed by atoms with Gasteiger partial charge in [0.2, 0.25) is 5.88 Å². The minimum Gasteiger partial charge on any atom is -0.404 e. The Morgan fingerprint density at radius 3 is 2.35 bits per heavy atom. The van der Waals surface area contributed by atoms with Crippen molar-refractivity contribution in [3.8, 4) is 0 Å². The predicted octanol–water partition coefficient (Wildman–Crippen LogP) is 5.42. The zero-order valence-electron chi connectivity index (χ0n) is 14.4. The Balaban J connectivity index is 1.78. The average molecular weight is 352 g/mol. The first-order valence-electron chi connectivity index (χ1n) is 9.06. The van der Waals surface area contributed by atoms with E-state index in [1.54, 1.807) is 18.2 Å². The number of halogens is 1. The maximum Gasteiger partial charge on any atom is 0.345 e. The summed E-state index contributed by atoms with van der Waals surface area (Å²) in [5.74, 6) is 0.158. The second kappa shape index (κ2) is 7.20. The molecule has 2 N–H and O–H groups in total. The molecule has 1 saturated carbocycles. The molecule has 26 heavy (non-hydrogen) atoms. The molecule has 4 rings (SSSR count). The molecule has 0 radical (unpaired) electrons. The molecule has 3 aromatic rings. The molecule has 0 bridgehead atoms. The molecule has 1 aliphatic rings. The average Bonchev–Trinajstić information content (AvgIpc) is 2.67. The largest absolute Gasteiger partial charge is 0.404 e. The molecule has 5 heteroatoms. The van der Waals surface area contributed by atoms with Gasteiger partial charge in [-0.2, -0.15) is 0 Å². The Kier molecular flexibility index (Phi) is 4.61. The van der Waals surface area contributed by atoms with Crippen LogP contribution in [0.25, 0.3) is 10.8 Å². The monoisotopic (exact) mass is 352 g/mol. The summed E-state index contributed by atoms with van der Waals surface area (Å²) in [7, 11) is 0. The Hall–Kier alpha value is -2.82. The van der Waals surface area contributed by atoms with Crippen molar-refractivity contribution in [2.45, 2.75) is 38.1 Å². The summed E-state index contributed by atoms with van der Waals surface area (Å²) in [5.41, 5.74) is 1.08. The van der Waals surface area contributed by atoms with Gasteiger partial charge in [-0.3, -0.25) is 0 Å². The highest BCUT2D eigenvalue weighted by Crippen LogP contribution is 2.34. The second-order valence-electron chi connectivity index (χ2n) is 6.75. The summed E-state index contributed by atoms with van der Waals surface area (Å²) >= 11 is 0. The Bertz CT molecular complexity index is 960. The van der Waals surface area contributed by atoms with Crippen molar-refractivity contribution < 1.29 is 8.81 Å². The van der Waals surface area contributed by atoms with Gasteiger partial charge in [0.1, 0.15) is 11.5 Å². The number of nitrogens with one attached hydrogen (secondary N) is 2. The lowest BCUT2D eigenvalue weighted by Crippen LogP contribution is -2.23. The third-order valence-corrected chi connectivity index (χ3v) is 4.89. The first-order chi connectivity index (χ1) is 12.7. The van der Waals surface area contributed by atoms with Crippen molar-refractivity contribution in [2.24, 2.45) is 0 Å². The molecule has 1 aromatic heterocycles. The van der Waals surface area contributed by atoms with E-state index in [2.05, 4.69) is 10.6 Å². The van der Waals surface area contributed by atoms with Gasteiger partial charge in [0, 0.05) is 17.1 Å². The van der Waals surface area contributed by atoms with Gasteiger partial charge < -0.3 is 15.1 Å². The summed E-state index contributed by atoms with van der Waals surface area (Å²) in [6, 6.07) is 13.8. The van der Waals surface area contributed by atoms with Crippen molar-refractivity contribution in [1.29, 1.82) is 0 Å². The predicted molar refractivity (Wildman–Crippen MR) is 103 cm³/mol. The van der Waals surface area contributed by atoms with Gasteiger partial charge in [-0.05, 0) is 43.2 Å². The number of anilines is 3. The summed E-state index contributed by atoms with van der Waals surface area (Å²) in [6.45, 7) is 0. The number of benzene rings is 2. The molecular formula is C21H21FN2O2. The summed E-state index contributed by atoms with van der Waals surface area (Å²) in [4.78, 5) is 12.4. The quantitative estimate of drug-likeness (QED) is 0.658. The molecule has 0 aliphatic heterocycles. The lowest BCUT2D eigenvalue weighted by molar-refractivity contribution is 0.445. The molecule has 4 nitrogen and oxygen atoms in total. The molecular weight excluding hydrogens is 331 g/mol. The summed E-state index contributed by atoms with van der Waals surface area (Å²) < 4.78 is 18.8. The van der Waals surface area contributed by atoms with E-state index in [4.69, 9.17) is 4.42 Å². The van der Waals surface area contributed by atoms with Crippen LogP contribution in [0.2, 0.25) is 0 Å². The van der Waals surface area contributed by atoms with Gasteiger partial charge in [0.25, 0.3) is 0 Å². The molecule has 1 fully saturated rings. The fourth-order valence-electron chi connectivity index (χ4n) is 3.54. The van der Waals surface area contributed by atoms with Crippen LogP contribution in [0.4, 0.5) is 21.6 Å². The fourth-order valence-corrected chi connectivity index (χ4v) is 3.54. The van der Waals surface area contributed by atoms with Gasteiger partial charge in [-0.15, -0.1) is 0 Å². The molecule has 1 heterocycles. The normalized spacial score (nSPS) is 15.1. The zero-order valence-corrected chi connectivity index (χ0v) is 14.4. The van der Waals surface area contributed by atoms with Gasteiger partial charge >= 0.3 is 5.63 Å². The number of fused-ring (bicyclic) bond motifs is 1. The van der Waals surface area contributed by atoms with E-state index in [0.717, 1.165) is 23.9 Å². The van der Waals surface area contributed by atoms with Crippen LogP contribution in [0, 0.1) is 5.82 Å². The minimum absolute atomic E-state index is 0.291. The molecule has 134 valence electrons. The van der Waals surface area contributed by atoms with Crippen LogP contribution in [0.3, 0.4) is 0 Å². The highest BCUT2D eigenvalue weighted by molar-refractivity contribution is 5.99. The molecule has 1 aliphatic carbocycles. The van der Waals surface area contributed by atoms with Gasteiger partial charge in [0.05, 0.1) is 5.39 Å². The highest BCUT2D eigenvalue weighted by atomic mass is 19.1. The SMILES string of the molecule is O=c1oc(NC2CCCCC2)c(Nc2ccc(F)cc2)c2ccccc12. The van der Waals surface area contributed by atoms with Crippen LogP contribution in [0.1, 0.15) is 32.1 Å². The smallest absolute Gasteiger partial charge is 0.345 e. The second-order valence-corrected chi connectivity index (χ2v) is 6.75. The topological polar surface area (TPSA) is 54.3 Å². The standard InChI is InChI=1S/C21H21FN2O2/c22-14-10-12-16(13-11-14)23-19-17-8-4-5-9-18(17)21(25)26-20(19)24-15-6-2-1-3-7-15/h4-5,8-13,15,23-24H,1-3,6-7H2. The van der Waals surface area contributed by atoms with Crippen molar-refractivity contribution in [1.82, 2.24) is 0 Å². The van der Waals surface area contributed by atoms with Crippen LogP contribution in [-0.2, 0) is 0 Å². The Morgan fingerprint density at radius 2 is 1.62 bits per heavy atom. The molecule has 0 unspecified atom stereocenters. The Morgan fingerprint density at radius 1 is 0.923 bits per heavy atom. The van der Waals surface area contributed by atoms with Crippen molar-refractivity contribution in [3.63, 3.8) is 0 Å². The zero-order chi connectivity index (χ0) is 17.9. The maximum absolute atomic E-state index is 13.2. The molecule has 0 amide bonds. The van der Waals surface area contributed by atoms with E-state index < -0.39 is 0 Å². The van der Waals surface area contributed by atoms with Crippen LogP contribution < -0.4 is 16.3 Å². The van der Waals surface area contributed by atoms with E-state index >= 15 is 0 Å². The lowest BCUT2D eigenvalue weighted by atomic mass is 9.95. The lowest BCUT2D eigenvalue weighted by Gasteiger charge is -2.24. The molecule has 2 aromatic carbocycles. The molecule has 0 atom stereocenters. The van der Waals surface area contributed by atoms with Crippen LogP contribution >= 0.6 is 0 Å². The van der Waals surface area contributed by atoms with Crippen LogP contribution in [0.5, 0.6) is 0 Å². The Labute approximate surface area is 151 Å². The molecule has 0 spiro atoms. The first-order valence-corrected chi connectivity index (χ1v) is 9.06. The molecule has 0 saturated heterocycles. The number of hydrogen-bond donors (Lipinski definition) is 2. The van der Waals surface area contributed by atoms with Crippen LogP contribution in [-0.4, -0.2) is 6.04 Å². The van der Waals surface area contributed by atoms with E-state index in [-0.39, 0.29) is 11.4 Å². The third-order valence-electron chi connectivity index (χ3n) is 4.89. The van der Waals surface area contributed by atoms with Gasteiger partial charge in [-0.25, -0.2) is 9.18 Å². The van der Waals surface area contributed by atoms with E-state index in [9.17, 15) is 9.18 Å². The van der Waals surface area contributed by atoms with E-state index in [0.29, 0.717) is 23.0 Å². The maximum atomic E-state index is 13.2. The van der Waals surface area contributed by atoms with Crippen molar-refractivity contribution in [2.75, 3.05) is 10.6 Å². The van der Waals surface area contributed by atoms with Crippen LogP contribution in [0.15, 0.2) is 57.7 Å². The number of rotatable bonds is 4. The first kappa shape index (κ1) is 16.6. The summed E-state index contributed by atoms with van der Waals surface area (Å²) in [5, 5.41) is 8.01.